The number of nitrogens with one attached hydrogen (secondary N) is 2. The lowest BCUT2D eigenvalue weighted by molar-refractivity contribution is 0.265. The number of thiocarbonyl (C=S) groups is 1. The van der Waals surface area contributed by atoms with Crippen molar-refractivity contribution in [2.24, 2.45) is 0 Å². The third-order valence-electron chi connectivity index (χ3n) is 4.71. The van der Waals surface area contributed by atoms with Crippen LogP contribution >= 0.6 is 12.2 Å². The van der Waals surface area contributed by atoms with Crippen molar-refractivity contribution in [2.45, 2.75) is 26.8 Å². The Labute approximate surface area is 181 Å². The van der Waals surface area contributed by atoms with E-state index in [9.17, 15) is 9.90 Å². The molecule has 0 aliphatic heterocycles. The molecule has 6 nitrogen and oxygen atoms in total. The lowest BCUT2D eigenvalue weighted by atomic mass is 10.1. The number of anilines is 1. The molecule has 30 heavy (non-hydrogen) atoms. The molecule has 2 aromatic carbocycles. The van der Waals surface area contributed by atoms with Crippen LogP contribution in [0.15, 0.2) is 53.3 Å². The van der Waals surface area contributed by atoms with Crippen LogP contribution in [0.1, 0.15) is 24.5 Å². The number of benzene rings is 2. The number of aromatic nitrogens is 1. The quantitative estimate of drug-likeness (QED) is 0.477. The number of aryl methyl sites for hydroxylation is 1. The van der Waals surface area contributed by atoms with Crippen molar-refractivity contribution >= 4 is 33.9 Å². The summed E-state index contributed by atoms with van der Waals surface area (Å²) in [6, 6.07) is 15.4. The molecule has 0 saturated carbocycles. The molecule has 1 heterocycles. The number of hydrogen-bond donors (Lipinski definition) is 3. The zero-order valence-corrected chi connectivity index (χ0v) is 18.1. The Morgan fingerprint density at radius 1 is 1.23 bits per heavy atom. The summed E-state index contributed by atoms with van der Waals surface area (Å²) in [4.78, 5) is 17.5. The highest BCUT2D eigenvalue weighted by Crippen LogP contribution is 2.20. The van der Waals surface area contributed by atoms with Crippen LogP contribution in [-0.4, -0.2) is 39.9 Å². The minimum atomic E-state index is -0.154. The fourth-order valence-electron chi connectivity index (χ4n) is 3.25. The molecule has 0 saturated heterocycles. The van der Waals surface area contributed by atoms with Gasteiger partial charge in [0.25, 0.3) is 5.56 Å². The Bertz CT molecular complexity index is 1080. The van der Waals surface area contributed by atoms with Gasteiger partial charge in [-0.1, -0.05) is 12.1 Å². The summed E-state index contributed by atoms with van der Waals surface area (Å²) in [5.74, 6) is 0.761. The van der Waals surface area contributed by atoms with Crippen molar-refractivity contribution in [1.29, 1.82) is 0 Å². The summed E-state index contributed by atoms with van der Waals surface area (Å²) < 4.78 is 5.57. The third kappa shape index (κ3) is 5.58. The first-order valence-corrected chi connectivity index (χ1v) is 10.4. The highest BCUT2D eigenvalue weighted by atomic mass is 32.1. The summed E-state index contributed by atoms with van der Waals surface area (Å²) in [6.45, 7) is 5.45. The predicted molar refractivity (Wildman–Crippen MR) is 125 cm³/mol. The van der Waals surface area contributed by atoms with Crippen LogP contribution in [0.5, 0.6) is 5.75 Å². The Morgan fingerprint density at radius 2 is 2.07 bits per heavy atom. The minimum Gasteiger partial charge on any atom is -0.494 e. The van der Waals surface area contributed by atoms with Crippen molar-refractivity contribution in [3.05, 3.63) is 70.0 Å². The average molecular weight is 426 g/mol. The Morgan fingerprint density at radius 3 is 2.80 bits per heavy atom. The number of fused-ring (bicyclic) bond motifs is 1. The summed E-state index contributed by atoms with van der Waals surface area (Å²) >= 11 is 5.61. The first-order valence-electron chi connectivity index (χ1n) is 10.0. The highest BCUT2D eigenvalue weighted by Gasteiger charge is 2.14. The first kappa shape index (κ1) is 21.8. The Balaban J connectivity index is 1.85. The largest absolute Gasteiger partial charge is 0.494 e. The molecule has 158 valence electrons. The number of rotatable bonds is 8. The SMILES string of the molecule is CCOc1ccc2[nH]c(=O)c(CN(CCCO)C(=S)Nc3cccc(C)c3)cc2c1. The fourth-order valence-corrected chi connectivity index (χ4v) is 3.52. The predicted octanol–water partition coefficient (Wildman–Crippen LogP) is 3.82. The van der Waals surface area contributed by atoms with Crippen LogP contribution in [0.3, 0.4) is 0 Å². The van der Waals surface area contributed by atoms with Crippen molar-refractivity contribution in [3.8, 4) is 5.75 Å². The number of hydrogen-bond acceptors (Lipinski definition) is 4. The van der Waals surface area contributed by atoms with E-state index in [0.29, 0.717) is 36.8 Å². The molecular formula is C23H27N3O3S. The third-order valence-corrected chi connectivity index (χ3v) is 5.07. The number of ether oxygens (including phenoxy) is 1. The topological polar surface area (TPSA) is 77.6 Å². The van der Waals surface area contributed by atoms with Crippen LogP contribution in [0.2, 0.25) is 0 Å². The molecule has 0 spiro atoms. The lowest BCUT2D eigenvalue weighted by Gasteiger charge is -2.26. The monoisotopic (exact) mass is 425 g/mol. The van der Waals surface area contributed by atoms with Crippen LogP contribution in [0, 0.1) is 6.92 Å². The normalized spacial score (nSPS) is 10.8. The summed E-state index contributed by atoms with van der Waals surface area (Å²) in [5, 5.41) is 13.9. The molecule has 0 aliphatic rings. The molecule has 0 aliphatic carbocycles. The molecular weight excluding hydrogens is 398 g/mol. The number of aliphatic hydroxyl groups excluding tert-OH is 1. The van der Waals surface area contributed by atoms with E-state index in [0.717, 1.165) is 27.9 Å². The molecule has 0 bridgehead atoms. The van der Waals surface area contributed by atoms with Crippen LogP contribution in [0.4, 0.5) is 5.69 Å². The minimum absolute atomic E-state index is 0.0509. The molecule has 0 amide bonds. The molecule has 0 radical (unpaired) electrons. The van der Waals surface area contributed by atoms with Gasteiger partial charge in [-0.2, -0.15) is 0 Å². The Hall–Kier alpha value is -2.90. The van der Waals surface area contributed by atoms with Gasteiger partial charge in [0.15, 0.2) is 5.11 Å². The van der Waals surface area contributed by atoms with Crippen LogP contribution in [-0.2, 0) is 6.54 Å². The van der Waals surface area contributed by atoms with Crippen molar-refractivity contribution in [1.82, 2.24) is 9.88 Å². The maximum atomic E-state index is 12.7. The Kier molecular flexibility index (Phi) is 7.43. The summed E-state index contributed by atoms with van der Waals surface area (Å²) in [7, 11) is 0. The molecule has 7 heteroatoms. The maximum Gasteiger partial charge on any atom is 0.253 e. The highest BCUT2D eigenvalue weighted by molar-refractivity contribution is 7.80. The first-order chi connectivity index (χ1) is 14.5. The summed E-state index contributed by atoms with van der Waals surface area (Å²) in [6.07, 6.45) is 0.551. The molecule has 0 unspecified atom stereocenters. The summed E-state index contributed by atoms with van der Waals surface area (Å²) in [5.41, 5.74) is 3.22. The number of H-pyrrole nitrogens is 1. The second kappa shape index (κ2) is 10.2. The van der Waals surface area contributed by atoms with E-state index in [4.69, 9.17) is 17.0 Å². The van der Waals surface area contributed by atoms with Crippen LogP contribution < -0.4 is 15.6 Å². The van der Waals surface area contributed by atoms with E-state index in [1.807, 2.05) is 67.3 Å². The van der Waals surface area contributed by atoms with Crippen molar-refractivity contribution < 1.29 is 9.84 Å². The number of nitrogens with zero attached hydrogens (tertiary/aromatic N) is 1. The fraction of sp³-hybridized carbons (Fsp3) is 0.304. The van der Waals surface area contributed by atoms with Gasteiger partial charge in [-0.05, 0) is 74.4 Å². The number of pyridine rings is 1. The zero-order chi connectivity index (χ0) is 21.5. The van der Waals surface area contributed by atoms with Gasteiger partial charge < -0.3 is 25.0 Å². The van der Waals surface area contributed by atoms with Gasteiger partial charge in [0.05, 0.1) is 13.2 Å². The van der Waals surface area contributed by atoms with Gasteiger partial charge in [0, 0.05) is 35.3 Å². The van der Waals surface area contributed by atoms with Gasteiger partial charge in [-0.25, -0.2) is 0 Å². The van der Waals surface area contributed by atoms with E-state index in [-0.39, 0.29) is 12.2 Å². The zero-order valence-electron chi connectivity index (χ0n) is 17.3. The average Bonchev–Trinajstić information content (AvgIpc) is 2.71. The van der Waals surface area contributed by atoms with Crippen LogP contribution in [0.25, 0.3) is 10.9 Å². The number of aliphatic hydroxyl groups is 1. The van der Waals surface area contributed by atoms with E-state index >= 15 is 0 Å². The second-order valence-corrected chi connectivity index (χ2v) is 7.49. The second-order valence-electron chi connectivity index (χ2n) is 7.10. The van der Waals surface area contributed by atoms with Gasteiger partial charge in [-0.15, -0.1) is 0 Å². The smallest absolute Gasteiger partial charge is 0.253 e. The van der Waals surface area contributed by atoms with E-state index in [1.54, 1.807) is 0 Å². The lowest BCUT2D eigenvalue weighted by Crippen LogP contribution is -2.37. The molecule has 1 aromatic heterocycles. The van der Waals surface area contributed by atoms with Gasteiger partial charge >= 0.3 is 0 Å². The van der Waals surface area contributed by atoms with E-state index in [2.05, 4.69) is 10.3 Å². The van der Waals surface area contributed by atoms with Crippen molar-refractivity contribution in [3.63, 3.8) is 0 Å². The molecule has 0 fully saturated rings. The molecule has 3 N–H and O–H groups in total. The molecule has 0 atom stereocenters. The number of aromatic amines is 1. The van der Waals surface area contributed by atoms with Crippen molar-refractivity contribution in [2.75, 3.05) is 25.1 Å². The van der Waals surface area contributed by atoms with Gasteiger partial charge in [0.1, 0.15) is 5.75 Å². The van der Waals surface area contributed by atoms with E-state index < -0.39 is 0 Å². The van der Waals surface area contributed by atoms with E-state index in [1.165, 1.54) is 0 Å². The maximum absolute atomic E-state index is 12.7. The van der Waals surface area contributed by atoms with Gasteiger partial charge in [-0.3, -0.25) is 4.79 Å². The molecule has 3 rings (SSSR count). The van der Waals surface area contributed by atoms with Gasteiger partial charge in [0.2, 0.25) is 0 Å². The standard InChI is InChI=1S/C23H27N3O3S/c1-3-29-20-8-9-21-17(14-20)13-18(22(28)25-21)15-26(10-5-11-27)23(30)24-19-7-4-6-16(2)12-19/h4,6-9,12-14,27H,3,5,10-11,15H2,1-2H3,(H,24,30)(H,25,28). The molecule has 3 aromatic rings.